The molecule has 0 radical (unpaired) electrons. The lowest BCUT2D eigenvalue weighted by molar-refractivity contribution is -0.158. The maximum Gasteiger partial charge on any atom is 0.333 e. The number of likely N-dealkylation sites (N-methyl/N-ethyl adjacent to an activating group) is 1. The maximum atomic E-state index is 15.2. The lowest BCUT2D eigenvalue weighted by Gasteiger charge is -2.32. The number of amides is 2. The van der Waals surface area contributed by atoms with Crippen molar-refractivity contribution in [2.45, 2.75) is 25.4 Å². The third-order valence-corrected chi connectivity index (χ3v) is 6.87. The minimum absolute atomic E-state index is 0.141. The van der Waals surface area contributed by atoms with Crippen molar-refractivity contribution in [3.63, 3.8) is 0 Å². The van der Waals surface area contributed by atoms with E-state index in [0.717, 1.165) is 22.6 Å². The molecule has 2 amide bonds. The summed E-state index contributed by atoms with van der Waals surface area (Å²) in [7, 11) is 1.44. The molecule has 2 N–H and O–H groups in total. The molecule has 0 aliphatic carbocycles. The first kappa shape index (κ1) is 26.3. The van der Waals surface area contributed by atoms with Crippen molar-refractivity contribution in [2.75, 3.05) is 30.4 Å². The minimum Gasteiger partial charge on any atom is -0.315 e. The Kier molecular flexibility index (Phi) is 7.58. The summed E-state index contributed by atoms with van der Waals surface area (Å²) in [4.78, 5) is 29.3. The largest absolute Gasteiger partial charge is 0.333 e. The zero-order valence-corrected chi connectivity index (χ0v) is 21.7. The molecule has 8 nitrogen and oxygen atoms in total. The molecule has 1 aliphatic heterocycles. The van der Waals surface area contributed by atoms with Gasteiger partial charge in [0.25, 0.3) is 0 Å². The number of aromatic nitrogens is 3. The van der Waals surface area contributed by atoms with Crippen LogP contribution < -0.4 is 15.5 Å². The van der Waals surface area contributed by atoms with E-state index in [-0.39, 0.29) is 17.6 Å². The van der Waals surface area contributed by atoms with E-state index >= 15 is 8.78 Å². The van der Waals surface area contributed by atoms with Crippen LogP contribution in [-0.4, -0.2) is 52.1 Å². The van der Waals surface area contributed by atoms with Crippen molar-refractivity contribution in [2.24, 2.45) is 0 Å². The number of alkyl halides is 2. The van der Waals surface area contributed by atoms with Crippen LogP contribution in [0.4, 0.5) is 30.9 Å². The number of pyridine rings is 1. The van der Waals surface area contributed by atoms with Gasteiger partial charge in [-0.2, -0.15) is 8.78 Å². The van der Waals surface area contributed by atoms with Gasteiger partial charge in [0.05, 0.1) is 11.4 Å². The summed E-state index contributed by atoms with van der Waals surface area (Å²) in [5, 5.41) is 5.94. The molecular weight excluding hydrogens is 500 g/mol. The molecule has 1 aliphatic rings. The first-order valence-corrected chi connectivity index (χ1v) is 12.7. The van der Waals surface area contributed by atoms with Crippen LogP contribution in [0.5, 0.6) is 0 Å². The number of nitrogens with one attached hydrogen (secondary N) is 2. The van der Waals surface area contributed by atoms with E-state index in [1.165, 1.54) is 36.2 Å². The predicted molar refractivity (Wildman–Crippen MR) is 147 cm³/mol. The van der Waals surface area contributed by atoms with Gasteiger partial charge < -0.3 is 10.6 Å². The van der Waals surface area contributed by atoms with Gasteiger partial charge in [0.15, 0.2) is 0 Å². The number of aryl methyl sites for hydroxylation is 1. The van der Waals surface area contributed by atoms with E-state index in [4.69, 9.17) is 0 Å². The highest BCUT2D eigenvalue weighted by Crippen LogP contribution is 2.35. The molecule has 39 heavy (non-hydrogen) atoms. The highest BCUT2D eigenvalue weighted by atomic mass is 19.3. The Hall–Kier alpha value is -4.28. The fraction of sp³-hybridized carbons (Fsp3) is 0.241. The summed E-state index contributed by atoms with van der Waals surface area (Å²) in [6.07, 6.45) is 5.60. The summed E-state index contributed by atoms with van der Waals surface area (Å²) >= 11 is 0. The zero-order valence-electron chi connectivity index (χ0n) is 21.7. The molecule has 1 fully saturated rings. The number of anilines is 3. The predicted octanol–water partition coefficient (Wildman–Crippen LogP) is 5.56. The molecule has 0 bridgehead atoms. The highest BCUT2D eigenvalue weighted by Gasteiger charge is 2.41. The van der Waals surface area contributed by atoms with Crippen molar-refractivity contribution in [1.82, 2.24) is 25.2 Å². The third-order valence-electron chi connectivity index (χ3n) is 6.87. The second-order valence-electron chi connectivity index (χ2n) is 9.41. The smallest absolute Gasteiger partial charge is 0.315 e. The second-order valence-corrected chi connectivity index (χ2v) is 9.41. The fourth-order valence-corrected chi connectivity index (χ4v) is 4.59. The summed E-state index contributed by atoms with van der Waals surface area (Å²) < 4.78 is 30.3. The van der Waals surface area contributed by atoms with E-state index in [9.17, 15) is 4.79 Å². The Morgan fingerprint density at radius 3 is 2.54 bits per heavy atom. The monoisotopic (exact) mass is 529 g/mol. The number of hydrogen-bond acceptors (Lipinski definition) is 6. The topological polar surface area (TPSA) is 86.3 Å². The summed E-state index contributed by atoms with van der Waals surface area (Å²) in [5.74, 6) is 0.165. The Labute approximate surface area is 225 Å². The molecule has 3 heterocycles. The van der Waals surface area contributed by atoms with Gasteiger partial charge in [0.1, 0.15) is 0 Å². The Balaban J connectivity index is 1.42. The number of halogens is 2. The first-order valence-electron chi connectivity index (χ1n) is 12.7. The van der Waals surface area contributed by atoms with E-state index in [2.05, 4.69) is 25.6 Å². The number of para-hydroxylation sites is 1. The first-order chi connectivity index (χ1) is 18.8. The number of hydrogen-bond donors (Lipinski definition) is 2. The lowest BCUT2D eigenvalue weighted by atomic mass is 10.1. The fourth-order valence-electron chi connectivity index (χ4n) is 4.59. The number of benzene rings is 2. The molecule has 5 rings (SSSR count). The van der Waals surface area contributed by atoms with E-state index < -0.39 is 12.1 Å². The molecule has 0 saturated carbocycles. The molecule has 1 unspecified atom stereocenters. The van der Waals surface area contributed by atoms with Crippen LogP contribution in [0.1, 0.15) is 17.5 Å². The van der Waals surface area contributed by atoms with Gasteiger partial charge in [-0.1, -0.05) is 18.2 Å². The highest BCUT2D eigenvalue weighted by molar-refractivity contribution is 6.06. The average Bonchev–Trinajstić information content (AvgIpc) is 3.50. The van der Waals surface area contributed by atoms with Gasteiger partial charge in [-0.25, -0.2) is 24.6 Å². The van der Waals surface area contributed by atoms with Crippen molar-refractivity contribution < 1.29 is 13.6 Å². The molecule has 2 aromatic carbocycles. The van der Waals surface area contributed by atoms with Gasteiger partial charge in [0.2, 0.25) is 5.95 Å². The molecule has 200 valence electrons. The van der Waals surface area contributed by atoms with E-state index in [1.807, 2.05) is 31.2 Å². The van der Waals surface area contributed by atoms with Gasteiger partial charge in [-0.15, -0.1) is 0 Å². The van der Waals surface area contributed by atoms with Crippen LogP contribution in [0.3, 0.4) is 0 Å². The van der Waals surface area contributed by atoms with Crippen LogP contribution in [0.2, 0.25) is 0 Å². The quantitative estimate of drug-likeness (QED) is 0.305. The lowest BCUT2D eigenvalue weighted by Crippen LogP contribution is -2.44. The number of carbonyl (C=O) groups is 1. The van der Waals surface area contributed by atoms with Crippen LogP contribution in [-0.2, 0) is 6.05 Å². The summed E-state index contributed by atoms with van der Waals surface area (Å²) in [5.41, 5.74) is 3.04. The number of carbonyl (C=O) groups excluding carboxylic acids is 1. The Bertz CT molecular complexity index is 1430. The summed E-state index contributed by atoms with van der Waals surface area (Å²) in [6.45, 7) is 3.13. The molecular formula is C29H29F2N7O. The van der Waals surface area contributed by atoms with Crippen molar-refractivity contribution in [3.8, 4) is 11.3 Å². The van der Waals surface area contributed by atoms with Crippen molar-refractivity contribution >= 4 is 23.4 Å². The Morgan fingerprint density at radius 1 is 1.05 bits per heavy atom. The molecule has 1 atom stereocenters. The van der Waals surface area contributed by atoms with E-state index in [1.54, 1.807) is 36.8 Å². The SMILES string of the molecule is Cc1ccccc1N(C(=O)Nc1ccc(C(F)(F)N(C)C2CCNC2)cc1)c1nccc(-c2cccnc2)n1. The molecule has 0 spiro atoms. The molecule has 2 aromatic heterocycles. The molecule has 1 saturated heterocycles. The maximum absolute atomic E-state index is 15.2. The Morgan fingerprint density at radius 2 is 1.85 bits per heavy atom. The van der Waals surface area contributed by atoms with E-state index in [0.29, 0.717) is 30.0 Å². The normalized spacial score (nSPS) is 15.4. The third kappa shape index (κ3) is 5.62. The zero-order chi connectivity index (χ0) is 27.4. The second kappa shape index (κ2) is 11.2. The van der Waals surface area contributed by atoms with Crippen LogP contribution >= 0.6 is 0 Å². The average molecular weight is 530 g/mol. The van der Waals surface area contributed by atoms with Gasteiger partial charge in [0, 0.05) is 48.0 Å². The number of urea groups is 1. The number of rotatable bonds is 7. The van der Waals surface area contributed by atoms with Crippen molar-refractivity contribution in [3.05, 3.63) is 96.4 Å². The van der Waals surface area contributed by atoms with Crippen LogP contribution in [0.15, 0.2) is 85.3 Å². The van der Waals surface area contributed by atoms with Crippen molar-refractivity contribution in [1.29, 1.82) is 0 Å². The standard InChI is InChI=1S/C29H29F2N7O/c1-20-6-3-4-8-26(20)38(27-34-17-14-25(36-27)21-7-5-15-32-18-21)28(39)35-23-11-9-22(10-12-23)29(30,31)37(2)24-13-16-33-19-24/h3-12,14-15,17-18,24,33H,13,16,19H2,1-2H3,(H,35,39). The van der Waals surface area contributed by atoms with Crippen LogP contribution in [0.25, 0.3) is 11.3 Å². The summed E-state index contributed by atoms with van der Waals surface area (Å²) in [6, 6.07) is 14.5. The van der Waals surface area contributed by atoms with Gasteiger partial charge in [-0.3, -0.25) is 4.98 Å². The number of nitrogens with zero attached hydrogens (tertiary/aromatic N) is 5. The molecule has 4 aromatic rings. The van der Waals surface area contributed by atoms with Gasteiger partial charge >= 0.3 is 12.1 Å². The van der Waals surface area contributed by atoms with Gasteiger partial charge in [-0.05, 0) is 81.0 Å². The molecule has 10 heteroatoms. The minimum atomic E-state index is -3.15. The van der Waals surface area contributed by atoms with Crippen LogP contribution in [0, 0.1) is 6.92 Å².